The van der Waals surface area contributed by atoms with E-state index in [1.165, 1.54) is 0 Å². The Morgan fingerprint density at radius 3 is 2.71 bits per heavy atom. The molecule has 0 fully saturated rings. The zero-order chi connectivity index (χ0) is 10.6. The second-order valence-corrected chi connectivity index (χ2v) is 4.04. The van der Waals surface area contributed by atoms with Crippen LogP contribution in [-0.2, 0) is 0 Å². The van der Waals surface area contributed by atoms with E-state index in [9.17, 15) is 5.11 Å². The molecule has 0 aliphatic heterocycles. The summed E-state index contributed by atoms with van der Waals surface area (Å²) in [5.74, 6) is 0.211. The second-order valence-electron chi connectivity index (χ2n) is 3.18. The van der Waals surface area contributed by atoms with Gasteiger partial charge in [0.2, 0.25) is 0 Å². The molecule has 0 spiro atoms. The molecule has 4 heteroatoms. The van der Waals surface area contributed by atoms with Crippen molar-refractivity contribution in [2.24, 2.45) is 5.73 Å². The number of benzene rings is 1. The van der Waals surface area contributed by atoms with Crippen LogP contribution in [0.1, 0.15) is 24.4 Å². The van der Waals surface area contributed by atoms with E-state index in [2.05, 4.69) is 15.9 Å². The van der Waals surface area contributed by atoms with Crippen LogP contribution in [0.25, 0.3) is 0 Å². The standard InChI is InChI=1S/C10H14BrNO2/c11-8-6-7(3-4-10(8)14)9(12)2-1-5-13/h3-4,6,9,13-14H,1-2,5,12H2/t9-/m1/s1. The topological polar surface area (TPSA) is 66.5 Å². The molecule has 1 rings (SSSR count). The van der Waals surface area contributed by atoms with Crippen LogP contribution in [0.5, 0.6) is 5.75 Å². The van der Waals surface area contributed by atoms with Gasteiger partial charge in [-0.25, -0.2) is 0 Å². The fourth-order valence-corrected chi connectivity index (χ4v) is 1.63. The van der Waals surface area contributed by atoms with Crippen LogP contribution < -0.4 is 5.73 Å². The van der Waals surface area contributed by atoms with E-state index in [-0.39, 0.29) is 18.4 Å². The summed E-state index contributed by atoms with van der Waals surface area (Å²) in [6.07, 6.45) is 1.44. The van der Waals surface area contributed by atoms with Crippen molar-refractivity contribution in [3.63, 3.8) is 0 Å². The molecule has 0 aliphatic carbocycles. The molecular formula is C10H14BrNO2. The number of phenolic OH excluding ortho intramolecular Hbond substituents is 1. The molecule has 0 amide bonds. The molecule has 0 aromatic heterocycles. The first kappa shape index (κ1) is 11.5. The molecule has 0 heterocycles. The van der Waals surface area contributed by atoms with Crippen molar-refractivity contribution in [3.8, 4) is 5.75 Å². The van der Waals surface area contributed by atoms with Gasteiger partial charge >= 0.3 is 0 Å². The third-order valence-corrected chi connectivity index (χ3v) is 2.71. The summed E-state index contributed by atoms with van der Waals surface area (Å²) in [5.41, 5.74) is 6.85. The minimum Gasteiger partial charge on any atom is -0.507 e. The van der Waals surface area contributed by atoms with Gasteiger partial charge in [0.05, 0.1) is 4.47 Å². The Kier molecular flexibility index (Phi) is 4.38. The molecule has 0 aliphatic rings. The van der Waals surface area contributed by atoms with Crippen molar-refractivity contribution >= 4 is 15.9 Å². The van der Waals surface area contributed by atoms with Crippen LogP contribution in [0.3, 0.4) is 0 Å². The third-order valence-electron chi connectivity index (χ3n) is 2.07. The van der Waals surface area contributed by atoms with E-state index < -0.39 is 0 Å². The van der Waals surface area contributed by atoms with Crippen molar-refractivity contribution in [1.82, 2.24) is 0 Å². The molecule has 0 radical (unpaired) electrons. The zero-order valence-corrected chi connectivity index (χ0v) is 9.37. The van der Waals surface area contributed by atoms with E-state index >= 15 is 0 Å². The number of nitrogens with two attached hydrogens (primary N) is 1. The molecular weight excluding hydrogens is 246 g/mol. The van der Waals surface area contributed by atoms with Crippen molar-refractivity contribution < 1.29 is 10.2 Å². The molecule has 4 N–H and O–H groups in total. The normalized spacial score (nSPS) is 12.8. The maximum atomic E-state index is 9.27. The predicted molar refractivity (Wildman–Crippen MR) is 59.1 cm³/mol. The number of hydrogen-bond donors (Lipinski definition) is 3. The van der Waals surface area contributed by atoms with E-state index in [1.54, 1.807) is 18.2 Å². The van der Waals surface area contributed by atoms with E-state index in [0.717, 1.165) is 12.0 Å². The number of phenols is 1. The highest BCUT2D eigenvalue weighted by Gasteiger charge is 2.07. The summed E-state index contributed by atoms with van der Waals surface area (Å²) in [7, 11) is 0. The Balaban J connectivity index is 2.70. The highest BCUT2D eigenvalue weighted by Crippen LogP contribution is 2.27. The largest absolute Gasteiger partial charge is 0.507 e. The first-order valence-corrected chi connectivity index (χ1v) is 5.29. The zero-order valence-electron chi connectivity index (χ0n) is 7.78. The van der Waals surface area contributed by atoms with Gasteiger partial charge in [-0.1, -0.05) is 6.07 Å². The lowest BCUT2D eigenvalue weighted by atomic mass is 10.0. The molecule has 14 heavy (non-hydrogen) atoms. The molecule has 3 nitrogen and oxygen atoms in total. The summed E-state index contributed by atoms with van der Waals surface area (Å²) in [6.45, 7) is 0.160. The minimum atomic E-state index is -0.0842. The Hall–Kier alpha value is -0.580. The quantitative estimate of drug-likeness (QED) is 0.774. The lowest BCUT2D eigenvalue weighted by Crippen LogP contribution is -2.10. The van der Waals surface area contributed by atoms with Gasteiger partial charge in [-0.3, -0.25) is 0 Å². The number of aromatic hydroxyl groups is 1. The Morgan fingerprint density at radius 2 is 2.14 bits per heavy atom. The Morgan fingerprint density at radius 1 is 1.43 bits per heavy atom. The third kappa shape index (κ3) is 2.97. The highest BCUT2D eigenvalue weighted by molar-refractivity contribution is 9.10. The van der Waals surface area contributed by atoms with Gasteiger partial charge in [-0.15, -0.1) is 0 Å². The molecule has 0 saturated carbocycles. The van der Waals surface area contributed by atoms with Gasteiger partial charge in [0.25, 0.3) is 0 Å². The van der Waals surface area contributed by atoms with Gasteiger partial charge in [0.15, 0.2) is 0 Å². The van der Waals surface area contributed by atoms with Gasteiger partial charge in [-0.2, -0.15) is 0 Å². The fraction of sp³-hybridized carbons (Fsp3) is 0.400. The van der Waals surface area contributed by atoms with Crippen molar-refractivity contribution in [3.05, 3.63) is 28.2 Å². The van der Waals surface area contributed by atoms with Crippen LogP contribution in [0, 0.1) is 0 Å². The smallest absolute Gasteiger partial charge is 0.129 e. The van der Waals surface area contributed by atoms with Crippen molar-refractivity contribution in [1.29, 1.82) is 0 Å². The van der Waals surface area contributed by atoms with Crippen LogP contribution >= 0.6 is 15.9 Å². The average molecular weight is 260 g/mol. The summed E-state index contributed by atoms with van der Waals surface area (Å²) in [6, 6.07) is 5.12. The van der Waals surface area contributed by atoms with Crippen LogP contribution in [0.4, 0.5) is 0 Å². The lowest BCUT2D eigenvalue weighted by molar-refractivity contribution is 0.280. The highest BCUT2D eigenvalue weighted by atomic mass is 79.9. The number of aliphatic hydroxyl groups is 1. The minimum absolute atomic E-state index is 0.0842. The van der Waals surface area contributed by atoms with Gasteiger partial charge in [0, 0.05) is 12.6 Å². The first-order chi connectivity index (χ1) is 6.65. The number of halogens is 1. The summed E-state index contributed by atoms with van der Waals surface area (Å²) in [5, 5.41) is 17.9. The van der Waals surface area contributed by atoms with Gasteiger partial charge in [0.1, 0.15) is 5.75 Å². The molecule has 1 atom stereocenters. The molecule has 0 unspecified atom stereocenters. The monoisotopic (exact) mass is 259 g/mol. The summed E-state index contributed by atoms with van der Waals surface area (Å²) < 4.78 is 0.648. The molecule has 1 aromatic rings. The number of rotatable bonds is 4. The van der Waals surface area contributed by atoms with Crippen LogP contribution in [0.15, 0.2) is 22.7 Å². The summed E-state index contributed by atoms with van der Waals surface area (Å²) >= 11 is 3.23. The molecule has 0 saturated heterocycles. The maximum Gasteiger partial charge on any atom is 0.129 e. The summed E-state index contributed by atoms with van der Waals surface area (Å²) in [4.78, 5) is 0. The SMILES string of the molecule is N[C@H](CCCO)c1ccc(O)c(Br)c1. The molecule has 78 valence electrons. The van der Waals surface area contributed by atoms with E-state index in [1.807, 2.05) is 0 Å². The van der Waals surface area contributed by atoms with Gasteiger partial charge in [-0.05, 0) is 46.5 Å². The lowest BCUT2D eigenvalue weighted by Gasteiger charge is -2.11. The Labute approximate surface area is 91.7 Å². The number of hydrogen-bond acceptors (Lipinski definition) is 3. The van der Waals surface area contributed by atoms with E-state index in [0.29, 0.717) is 10.9 Å². The first-order valence-electron chi connectivity index (χ1n) is 4.50. The fourth-order valence-electron chi connectivity index (χ4n) is 1.23. The van der Waals surface area contributed by atoms with Crippen molar-refractivity contribution in [2.75, 3.05) is 6.61 Å². The second kappa shape index (κ2) is 5.34. The van der Waals surface area contributed by atoms with Gasteiger partial charge < -0.3 is 15.9 Å². The van der Waals surface area contributed by atoms with Crippen LogP contribution in [-0.4, -0.2) is 16.8 Å². The average Bonchev–Trinajstić information content (AvgIpc) is 2.18. The maximum absolute atomic E-state index is 9.27. The molecule has 1 aromatic carbocycles. The number of aliphatic hydroxyl groups excluding tert-OH is 1. The predicted octanol–water partition coefficient (Wildman–Crippen LogP) is 1.93. The van der Waals surface area contributed by atoms with Crippen LogP contribution in [0.2, 0.25) is 0 Å². The molecule has 0 bridgehead atoms. The van der Waals surface area contributed by atoms with E-state index in [4.69, 9.17) is 10.8 Å². The Bertz CT molecular complexity index is 304. The van der Waals surface area contributed by atoms with Crippen molar-refractivity contribution in [2.45, 2.75) is 18.9 Å².